The SMILES string of the molecule is O=C1CN(c2cnc(/C=C/c3cnn4ccc(N5C[C@@H](F)C[C@@H]5c5cc(F)ccc5F)nc34)nc2)CCN1. The first-order valence-corrected chi connectivity index (χ1v) is 12.2. The molecule has 2 atom stereocenters. The highest BCUT2D eigenvalue weighted by molar-refractivity contribution is 5.82. The van der Waals surface area contributed by atoms with E-state index in [1.807, 2.05) is 4.90 Å². The van der Waals surface area contributed by atoms with Crippen molar-refractivity contribution in [1.29, 1.82) is 0 Å². The number of nitrogens with one attached hydrogen (secondary N) is 1. The van der Waals surface area contributed by atoms with E-state index in [0.717, 1.165) is 23.9 Å². The summed E-state index contributed by atoms with van der Waals surface area (Å²) < 4.78 is 44.4. The van der Waals surface area contributed by atoms with Crippen molar-refractivity contribution >= 4 is 35.2 Å². The zero-order valence-corrected chi connectivity index (χ0v) is 20.1. The lowest BCUT2D eigenvalue weighted by atomic mass is 10.0. The van der Waals surface area contributed by atoms with E-state index in [0.29, 0.717) is 35.9 Å². The molecule has 4 aromatic rings. The summed E-state index contributed by atoms with van der Waals surface area (Å²) in [5, 5.41) is 7.10. The summed E-state index contributed by atoms with van der Waals surface area (Å²) in [6, 6.07) is 4.21. The number of halogens is 3. The van der Waals surface area contributed by atoms with E-state index in [1.54, 1.807) is 52.4 Å². The first-order valence-electron chi connectivity index (χ1n) is 12.2. The van der Waals surface area contributed by atoms with Crippen LogP contribution in [0.4, 0.5) is 24.7 Å². The molecule has 6 rings (SSSR count). The summed E-state index contributed by atoms with van der Waals surface area (Å²) in [7, 11) is 0. The van der Waals surface area contributed by atoms with Gasteiger partial charge in [-0.3, -0.25) is 4.79 Å². The van der Waals surface area contributed by atoms with Crippen molar-refractivity contribution in [3.05, 3.63) is 77.6 Å². The van der Waals surface area contributed by atoms with Gasteiger partial charge in [0.15, 0.2) is 11.5 Å². The number of fused-ring (bicyclic) bond motifs is 1. The van der Waals surface area contributed by atoms with Crippen molar-refractivity contribution in [3.8, 4) is 0 Å². The molecule has 2 aliphatic heterocycles. The van der Waals surface area contributed by atoms with Gasteiger partial charge in [0.1, 0.15) is 23.6 Å². The second-order valence-corrected chi connectivity index (χ2v) is 9.23. The predicted octanol–water partition coefficient (Wildman–Crippen LogP) is 3.19. The number of carbonyl (C=O) groups excluding carboxylic acids is 1. The molecule has 12 heteroatoms. The van der Waals surface area contributed by atoms with Crippen molar-refractivity contribution in [1.82, 2.24) is 29.9 Å². The van der Waals surface area contributed by atoms with Gasteiger partial charge in [-0.1, -0.05) is 0 Å². The Morgan fingerprint density at radius 1 is 1.08 bits per heavy atom. The van der Waals surface area contributed by atoms with E-state index in [-0.39, 0.29) is 31.0 Å². The minimum absolute atomic E-state index is 0.0158. The molecule has 2 saturated heterocycles. The minimum Gasteiger partial charge on any atom is -0.358 e. The number of anilines is 2. The number of piperazine rings is 1. The number of alkyl halides is 1. The monoisotopic (exact) mass is 520 g/mol. The van der Waals surface area contributed by atoms with Crippen molar-refractivity contribution < 1.29 is 18.0 Å². The van der Waals surface area contributed by atoms with E-state index in [2.05, 4.69) is 25.4 Å². The number of rotatable bonds is 5. The van der Waals surface area contributed by atoms with Crippen molar-refractivity contribution in [2.24, 2.45) is 0 Å². The topological polar surface area (TPSA) is 91.5 Å². The molecular formula is C26H23F3N8O. The van der Waals surface area contributed by atoms with Gasteiger partial charge in [0.05, 0.1) is 43.4 Å². The lowest BCUT2D eigenvalue weighted by Gasteiger charge is -2.27. The molecule has 0 unspecified atom stereocenters. The first kappa shape index (κ1) is 23.9. The van der Waals surface area contributed by atoms with E-state index in [4.69, 9.17) is 0 Å². The standard InChI is InChI=1S/C26H23F3N8O/c27-17-2-3-21(29)20(9-17)22-10-18(28)14-36(22)24-5-7-37-26(34-24)16(11-33-37)1-4-23-31-12-19(13-32-23)35-8-6-30-25(38)15-35/h1-5,7,9,11-13,18,22H,6,8,10,14-15H2,(H,30,38)/b4-1+/t18-,22+/m0/s1. The quantitative estimate of drug-likeness (QED) is 0.432. The number of hydrogen-bond acceptors (Lipinski definition) is 7. The number of benzene rings is 1. The smallest absolute Gasteiger partial charge is 0.239 e. The predicted molar refractivity (Wildman–Crippen MR) is 135 cm³/mol. The largest absolute Gasteiger partial charge is 0.358 e. The van der Waals surface area contributed by atoms with E-state index in [9.17, 15) is 18.0 Å². The van der Waals surface area contributed by atoms with Crippen LogP contribution in [0.5, 0.6) is 0 Å². The molecule has 0 aliphatic carbocycles. The first-order chi connectivity index (χ1) is 18.4. The summed E-state index contributed by atoms with van der Waals surface area (Å²) in [4.78, 5) is 28.6. The Morgan fingerprint density at radius 3 is 2.74 bits per heavy atom. The Morgan fingerprint density at radius 2 is 1.92 bits per heavy atom. The fourth-order valence-electron chi connectivity index (χ4n) is 4.86. The molecule has 2 fully saturated rings. The van der Waals surface area contributed by atoms with Gasteiger partial charge in [0.2, 0.25) is 5.91 Å². The maximum absolute atomic E-state index is 14.5. The van der Waals surface area contributed by atoms with Crippen molar-refractivity contribution in [2.75, 3.05) is 36.0 Å². The van der Waals surface area contributed by atoms with Gasteiger partial charge < -0.3 is 15.1 Å². The molecule has 0 bridgehead atoms. The zero-order chi connectivity index (χ0) is 26.2. The fourth-order valence-corrected chi connectivity index (χ4v) is 4.86. The lowest BCUT2D eigenvalue weighted by molar-refractivity contribution is -0.120. The van der Waals surface area contributed by atoms with Crippen LogP contribution < -0.4 is 15.1 Å². The van der Waals surface area contributed by atoms with Gasteiger partial charge >= 0.3 is 0 Å². The third-order valence-electron chi connectivity index (χ3n) is 6.72. The Hall–Kier alpha value is -4.48. The van der Waals surface area contributed by atoms with Crippen LogP contribution in [-0.4, -0.2) is 62.8 Å². The highest BCUT2D eigenvalue weighted by Crippen LogP contribution is 2.38. The van der Waals surface area contributed by atoms with Crippen LogP contribution >= 0.6 is 0 Å². The average Bonchev–Trinajstić information content (AvgIpc) is 3.52. The molecule has 1 amide bonds. The highest BCUT2D eigenvalue weighted by Gasteiger charge is 2.36. The van der Waals surface area contributed by atoms with Gasteiger partial charge in [0.25, 0.3) is 0 Å². The van der Waals surface area contributed by atoms with E-state index >= 15 is 0 Å². The number of aromatic nitrogens is 5. The van der Waals surface area contributed by atoms with Gasteiger partial charge in [-0.2, -0.15) is 5.10 Å². The van der Waals surface area contributed by atoms with Crippen LogP contribution in [0.3, 0.4) is 0 Å². The second kappa shape index (κ2) is 9.77. The van der Waals surface area contributed by atoms with Crippen LogP contribution in [0.25, 0.3) is 17.8 Å². The Kier molecular flexibility index (Phi) is 6.14. The van der Waals surface area contributed by atoms with Crippen LogP contribution in [0.15, 0.2) is 49.1 Å². The second-order valence-electron chi connectivity index (χ2n) is 9.23. The summed E-state index contributed by atoms with van der Waals surface area (Å²) in [6.07, 6.45) is 8.99. The molecule has 2 aliphatic rings. The maximum atomic E-state index is 14.5. The van der Waals surface area contributed by atoms with Crippen LogP contribution in [0, 0.1) is 11.6 Å². The van der Waals surface area contributed by atoms with E-state index in [1.165, 1.54) is 0 Å². The Bertz CT molecular complexity index is 1520. The Balaban J connectivity index is 1.25. The molecule has 0 saturated carbocycles. The normalized spacial score (nSPS) is 20.0. The summed E-state index contributed by atoms with van der Waals surface area (Å²) >= 11 is 0. The molecule has 0 spiro atoms. The number of amides is 1. The Labute approximate surface area is 215 Å². The highest BCUT2D eigenvalue weighted by atomic mass is 19.1. The number of carbonyl (C=O) groups is 1. The molecule has 9 nitrogen and oxygen atoms in total. The van der Waals surface area contributed by atoms with Crippen LogP contribution in [-0.2, 0) is 4.79 Å². The molecule has 1 N–H and O–H groups in total. The molecule has 3 aromatic heterocycles. The maximum Gasteiger partial charge on any atom is 0.239 e. The van der Waals surface area contributed by atoms with Crippen molar-refractivity contribution in [3.63, 3.8) is 0 Å². The molecule has 38 heavy (non-hydrogen) atoms. The lowest BCUT2D eigenvalue weighted by Crippen LogP contribution is -2.47. The third-order valence-corrected chi connectivity index (χ3v) is 6.72. The summed E-state index contributed by atoms with van der Waals surface area (Å²) in [5.74, 6) is -0.297. The minimum atomic E-state index is -1.20. The average molecular weight is 521 g/mol. The van der Waals surface area contributed by atoms with E-state index < -0.39 is 23.8 Å². The van der Waals surface area contributed by atoms with Crippen LogP contribution in [0.2, 0.25) is 0 Å². The number of nitrogens with zero attached hydrogens (tertiary/aromatic N) is 7. The number of hydrogen-bond donors (Lipinski definition) is 1. The molecular weight excluding hydrogens is 497 g/mol. The summed E-state index contributed by atoms with van der Waals surface area (Å²) in [6.45, 7) is 1.54. The molecule has 5 heterocycles. The van der Waals surface area contributed by atoms with Gasteiger partial charge in [-0.25, -0.2) is 32.6 Å². The van der Waals surface area contributed by atoms with Gasteiger partial charge in [-0.05, 0) is 36.4 Å². The zero-order valence-electron chi connectivity index (χ0n) is 20.1. The van der Waals surface area contributed by atoms with Gasteiger partial charge in [-0.15, -0.1) is 0 Å². The molecule has 194 valence electrons. The summed E-state index contributed by atoms with van der Waals surface area (Å²) in [5.41, 5.74) is 2.05. The van der Waals surface area contributed by atoms with Gasteiger partial charge in [0, 0.05) is 36.8 Å². The molecule has 0 radical (unpaired) electrons. The van der Waals surface area contributed by atoms with Crippen molar-refractivity contribution in [2.45, 2.75) is 18.6 Å². The molecule has 1 aromatic carbocycles. The third kappa shape index (κ3) is 4.64. The fraction of sp³-hybridized carbons (Fsp3) is 0.269. The van der Waals surface area contributed by atoms with Crippen LogP contribution in [0.1, 0.15) is 29.4 Å².